The molecule has 0 radical (unpaired) electrons. The van der Waals surface area contributed by atoms with E-state index in [2.05, 4.69) is 5.32 Å². The number of rotatable bonds is 4. The summed E-state index contributed by atoms with van der Waals surface area (Å²) in [6, 6.07) is 8.26. The Labute approximate surface area is 159 Å². The molecule has 2 aromatic rings. The normalized spacial score (nSPS) is 14.3. The van der Waals surface area contributed by atoms with Crippen molar-refractivity contribution in [3.05, 3.63) is 52.5 Å². The van der Waals surface area contributed by atoms with Crippen LogP contribution in [0, 0.1) is 0 Å². The number of halogens is 4. The first-order valence-corrected chi connectivity index (χ1v) is 8.78. The molecule has 0 spiro atoms. The third-order valence-corrected chi connectivity index (χ3v) is 4.73. The molecule has 1 heterocycles. The van der Waals surface area contributed by atoms with Crippen molar-refractivity contribution in [1.82, 2.24) is 0 Å². The molecule has 1 aliphatic heterocycles. The van der Waals surface area contributed by atoms with Crippen LogP contribution >= 0.6 is 11.6 Å². The van der Waals surface area contributed by atoms with Crippen molar-refractivity contribution in [3.63, 3.8) is 0 Å². The number of carbonyl (C=O) groups excluding carboxylic acids is 1. The highest BCUT2D eigenvalue weighted by atomic mass is 35.5. The fourth-order valence-corrected chi connectivity index (χ4v) is 3.27. The van der Waals surface area contributed by atoms with Crippen LogP contribution in [0.25, 0.3) is 0 Å². The zero-order chi connectivity index (χ0) is 19.6. The molecule has 0 unspecified atom stereocenters. The summed E-state index contributed by atoms with van der Waals surface area (Å²) in [4.78, 5) is 14.1. The van der Waals surface area contributed by atoms with Crippen molar-refractivity contribution in [1.29, 1.82) is 0 Å². The first-order valence-electron chi connectivity index (χ1n) is 8.40. The van der Waals surface area contributed by atoms with Crippen LogP contribution in [-0.2, 0) is 6.18 Å². The number of methoxy groups -OCH3 is 1. The molecule has 1 fully saturated rings. The molecule has 1 aliphatic rings. The smallest absolute Gasteiger partial charge is 0.418 e. The Morgan fingerprint density at radius 2 is 1.85 bits per heavy atom. The van der Waals surface area contributed by atoms with E-state index in [-0.39, 0.29) is 11.3 Å². The van der Waals surface area contributed by atoms with E-state index in [9.17, 15) is 18.0 Å². The first-order chi connectivity index (χ1) is 12.8. The molecule has 1 amide bonds. The number of anilines is 2. The van der Waals surface area contributed by atoms with Gasteiger partial charge in [0, 0.05) is 36.1 Å². The van der Waals surface area contributed by atoms with Crippen LogP contribution in [0.5, 0.6) is 5.75 Å². The van der Waals surface area contributed by atoms with Crippen molar-refractivity contribution in [2.45, 2.75) is 19.0 Å². The Bertz CT molecular complexity index is 849. The first kappa shape index (κ1) is 19.4. The summed E-state index contributed by atoms with van der Waals surface area (Å²) in [6.07, 6.45) is -2.83. The predicted molar refractivity (Wildman–Crippen MR) is 98.8 cm³/mol. The molecule has 27 heavy (non-hydrogen) atoms. The van der Waals surface area contributed by atoms with Crippen LogP contribution in [0.15, 0.2) is 36.4 Å². The summed E-state index contributed by atoms with van der Waals surface area (Å²) in [7, 11) is 1.43. The van der Waals surface area contributed by atoms with Crippen LogP contribution in [0.3, 0.4) is 0 Å². The van der Waals surface area contributed by atoms with Crippen LogP contribution in [0.2, 0.25) is 5.02 Å². The van der Waals surface area contributed by atoms with Gasteiger partial charge in [-0.1, -0.05) is 11.6 Å². The fourth-order valence-electron chi connectivity index (χ4n) is 3.08. The van der Waals surface area contributed by atoms with Gasteiger partial charge in [0.25, 0.3) is 5.91 Å². The number of hydrogen-bond acceptors (Lipinski definition) is 3. The lowest BCUT2D eigenvalue weighted by molar-refractivity contribution is -0.137. The van der Waals surface area contributed by atoms with Gasteiger partial charge >= 0.3 is 6.18 Å². The molecule has 0 saturated carbocycles. The van der Waals surface area contributed by atoms with Crippen molar-refractivity contribution in [2.75, 3.05) is 30.4 Å². The van der Waals surface area contributed by atoms with Crippen LogP contribution < -0.4 is 15.0 Å². The van der Waals surface area contributed by atoms with Gasteiger partial charge in [-0.3, -0.25) is 4.79 Å². The van der Waals surface area contributed by atoms with Crippen LogP contribution in [0.4, 0.5) is 24.5 Å². The Morgan fingerprint density at radius 3 is 2.48 bits per heavy atom. The van der Waals surface area contributed by atoms with Gasteiger partial charge in [-0.05, 0) is 43.2 Å². The summed E-state index contributed by atoms with van der Waals surface area (Å²) in [5.41, 5.74) is -0.381. The number of amides is 1. The highest BCUT2D eigenvalue weighted by Crippen LogP contribution is 2.38. The summed E-state index contributed by atoms with van der Waals surface area (Å²) < 4.78 is 45.6. The van der Waals surface area contributed by atoms with E-state index in [1.165, 1.54) is 31.4 Å². The molecular formula is C19H18ClF3N2O2. The topological polar surface area (TPSA) is 41.6 Å². The lowest BCUT2D eigenvalue weighted by Gasteiger charge is -2.23. The zero-order valence-corrected chi connectivity index (χ0v) is 15.3. The Morgan fingerprint density at radius 1 is 1.15 bits per heavy atom. The van der Waals surface area contributed by atoms with Gasteiger partial charge in [-0.15, -0.1) is 0 Å². The molecule has 0 aliphatic carbocycles. The number of nitrogens with one attached hydrogen (secondary N) is 1. The molecule has 3 rings (SSSR count). The monoisotopic (exact) mass is 398 g/mol. The average molecular weight is 399 g/mol. The van der Waals surface area contributed by atoms with Crippen molar-refractivity contribution >= 4 is 28.9 Å². The minimum Gasteiger partial charge on any atom is -0.495 e. The molecule has 1 N–H and O–H groups in total. The van der Waals surface area contributed by atoms with Crippen LogP contribution in [0.1, 0.15) is 28.8 Å². The Kier molecular flexibility index (Phi) is 5.51. The molecule has 1 saturated heterocycles. The Hall–Kier alpha value is -2.41. The third kappa shape index (κ3) is 4.30. The maximum Gasteiger partial charge on any atom is 0.418 e. The molecule has 144 valence electrons. The number of nitrogens with zero attached hydrogens (tertiary/aromatic N) is 1. The molecule has 0 bridgehead atoms. The van der Waals surface area contributed by atoms with E-state index in [1.54, 1.807) is 11.0 Å². The van der Waals surface area contributed by atoms with Gasteiger partial charge in [0.2, 0.25) is 0 Å². The van der Waals surface area contributed by atoms with Crippen molar-refractivity contribution < 1.29 is 22.7 Å². The van der Waals surface area contributed by atoms with Crippen LogP contribution in [-0.4, -0.2) is 26.1 Å². The van der Waals surface area contributed by atoms with E-state index >= 15 is 0 Å². The van der Waals surface area contributed by atoms with E-state index in [1.807, 2.05) is 0 Å². The van der Waals surface area contributed by atoms with Gasteiger partial charge in [0.15, 0.2) is 0 Å². The number of benzene rings is 2. The lowest BCUT2D eigenvalue weighted by Crippen LogP contribution is -2.23. The molecule has 2 aromatic carbocycles. The van der Waals surface area contributed by atoms with E-state index in [0.29, 0.717) is 29.5 Å². The molecule has 4 nitrogen and oxygen atoms in total. The highest BCUT2D eigenvalue weighted by Gasteiger charge is 2.36. The molecule has 8 heteroatoms. The maximum atomic E-state index is 13.5. The molecule has 0 atom stereocenters. The second kappa shape index (κ2) is 7.68. The number of carbonyl (C=O) groups is 1. The van der Waals surface area contributed by atoms with Gasteiger partial charge in [-0.25, -0.2) is 0 Å². The fraction of sp³-hybridized carbons (Fsp3) is 0.316. The minimum atomic E-state index is -4.54. The lowest BCUT2D eigenvalue weighted by atomic mass is 10.1. The number of alkyl halides is 3. The molecule has 0 aromatic heterocycles. The van der Waals surface area contributed by atoms with E-state index < -0.39 is 17.6 Å². The van der Waals surface area contributed by atoms with Gasteiger partial charge in [0.05, 0.1) is 17.7 Å². The van der Waals surface area contributed by atoms with E-state index in [0.717, 1.165) is 18.9 Å². The SMILES string of the molecule is COc1cc(NC(=O)c2ccc(N3CCCC3)c(C(F)(F)F)c2)ccc1Cl. The van der Waals surface area contributed by atoms with Gasteiger partial charge in [0.1, 0.15) is 5.75 Å². The van der Waals surface area contributed by atoms with Crippen molar-refractivity contribution in [2.24, 2.45) is 0 Å². The third-order valence-electron chi connectivity index (χ3n) is 4.42. The standard InChI is InChI=1S/C19H18ClF3N2O2/c1-27-17-11-13(5-6-15(17)20)24-18(26)12-4-7-16(25-8-2-3-9-25)14(10-12)19(21,22)23/h4-7,10-11H,2-3,8-9H2,1H3,(H,24,26). The number of ether oxygens (including phenoxy) is 1. The van der Waals surface area contributed by atoms with Gasteiger partial charge < -0.3 is 15.0 Å². The largest absolute Gasteiger partial charge is 0.495 e. The highest BCUT2D eigenvalue weighted by molar-refractivity contribution is 6.32. The quantitative estimate of drug-likeness (QED) is 0.767. The number of hydrogen-bond donors (Lipinski definition) is 1. The minimum absolute atomic E-state index is 0.0702. The second-order valence-electron chi connectivity index (χ2n) is 6.23. The average Bonchev–Trinajstić information content (AvgIpc) is 3.16. The van der Waals surface area contributed by atoms with Crippen molar-refractivity contribution in [3.8, 4) is 5.75 Å². The summed E-state index contributed by atoms with van der Waals surface area (Å²) in [5.74, 6) is -0.285. The maximum absolute atomic E-state index is 13.5. The van der Waals surface area contributed by atoms with Gasteiger partial charge in [-0.2, -0.15) is 13.2 Å². The Balaban J connectivity index is 1.88. The predicted octanol–water partition coefficient (Wildman–Crippen LogP) is 5.22. The summed E-state index contributed by atoms with van der Waals surface area (Å²) in [5, 5.41) is 2.93. The summed E-state index contributed by atoms with van der Waals surface area (Å²) >= 11 is 5.93. The molecular weight excluding hydrogens is 381 g/mol. The van der Waals surface area contributed by atoms with E-state index in [4.69, 9.17) is 16.3 Å². The zero-order valence-electron chi connectivity index (χ0n) is 14.6. The second-order valence-corrected chi connectivity index (χ2v) is 6.63. The summed E-state index contributed by atoms with van der Waals surface area (Å²) in [6.45, 7) is 1.17.